The topological polar surface area (TPSA) is 160 Å². The highest BCUT2D eigenvalue weighted by atomic mass is 16.6. The summed E-state index contributed by atoms with van der Waals surface area (Å²) in [6.07, 6.45) is 4.82. The van der Waals surface area contributed by atoms with E-state index >= 15 is 0 Å². The molecule has 3 fully saturated rings. The van der Waals surface area contributed by atoms with E-state index in [2.05, 4.69) is 4.90 Å². The van der Waals surface area contributed by atoms with Gasteiger partial charge in [-0.2, -0.15) is 0 Å². The summed E-state index contributed by atoms with van der Waals surface area (Å²) in [7, 11) is 0. The van der Waals surface area contributed by atoms with Crippen molar-refractivity contribution in [1.82, 2.24) is 14.8 Å². The molecule has 47 heavy (non-hydrogen) atoms. The van der Waals surface area contributed by atoms with Gasteiger partial charge in [0.25, 0.3) is 0 Å². The number of ether oxygens (including phenoxy) is 4. The molecule has 1 aliphatic carbocycles. The zero-order chi connectivity index (χ0) is 33.6. The summed E-state index contributed by atoms with van der Waals surface area (Å²) in [5, 5.41) is 0.921. The molecule has 2 aromatic rings. The Labute approximate surface area is 277 Å². The fraction of sp³-hybridized carbons (Fsp3) is 0.657. The van der Waals surface area contributed by atoms with Gasteiger partial charge < -0.3 is 35.3 Å². The van der Waals surface area contributed by atoms with Crippen LogP contribution in [0.5, 0.6) is 11.6 Å². The number of carbonyl (C=O) groups excluding carboxylic acids is 3. The summed E-state index contributed by atoms with van der Waals surface area (Å²) >= 11 is 0. The summed E-state index contributed by atoms with van der Waals surface area (Å²) in [5.41, 5.74) is 12.4. The first kappa shape index (κ1) is 34.7. The van der Waals surface area contributed by atoms with Crippen molar-refractivity contribution in [1.29, 1.82) is 0 Å². The maximum Gasteiger partial charge on any atom is 0.404 e. The number of hydrogen-bond donors (Lipinski definition) is 2. The van der Waals surface area contributed by atoms with Crippen LogP contribution in [-0.4, -0.2) is 96.9 Å². The Hall–Kier alpha value is -3.64. The van der Waals surface area contributed by atoms with E-state index in [9.17, 15) is 14.4 Å². The molecule has 12 nitrogen and oxygen atoms in total. The summed E-state index contributed by atoms with van der Waals surface area (Å²) in [5.74, 6) is 0.982. The summed E-state index contributed by atoms with van der Waals surface area (Å²) in [6, 6.07) is 7.16. The highest BCUT2D eigenvalue weighted by Gasteiger charge is 2.41. The van der Waals surface area contributed by atoms with Crippen molar-refractivity contribution in [3.8, 4) is 11.6 Å². The van der Waals surface area contributed by atoms with Crippen LogP contribution in [0, 0.1) is 11.3 Å². The molecule has 1 unspecified atom stereocenters. The number of nitrogens with two attached hydrogens (primary N) is 2. The Balaban J connectivity index is 1.34. The van der Waals surface area contributed by atoms with Crippen LogP contribution >= 0.6 is 0 Å². The Morgan fingerprint density at radius 1 is 1.04 bits per heavy atom. The molecule has 3 aliphatic rings. The summed E-state index contributed by atoms with van der Waals surface area (Å²) in [6.45, 7) is 10.7. The molecule has 0 bridgehead atoms. The fourth-order valence-electron chi connectivity index (χ4n) is 6.63. The number of amides is 3. The molecule has 1 aromatic carbocycles. The van der Waals surface area contributed by atoms with Crippen molar-refractivity contribution in [2.45, 2.75) is 90.4 Å². The number of fused-ring (bicyclic) bond motifs is 1. The lowest BCUT2D eigenvalue weighted by Gasteiger charge is -2.27. The van der Waals surface area contributed by atoms with Crippen molar-refractivity contribution < 1.29 is 33.3 Å². The summed E-state index contributed by atoms with van der Waals surface area (Å²) < 4.78 is 23.8. The second-order valence-corrected chi connectivity index (χ2v) is 14.3. The van der Waals surface area contributed by atoms with E-state index in [4.69, 9.17) is 35.4 Å². The predicted molar refractivity (Wildman–Crippen MR) is 177 cm³/mol. The van der Waals surface area contributed by atoms with E-state index < -0.39 is 24.1 Å². The van der Waals surface area contributed by atoms with Crippen LogP contribution in [0.2, 0.25) is 0 Å². The molecular weight excluding hydrogens is 602 g/mol. The van der Waals surface area contributed by atoms with Crippen molar-refractivity contribution in [3.05, 3.63) is 29.8 Å². The van der Waals surface area contributed by atoms with Crippen molar-refractivity contribution in [3.63, 3.8) is 0 Å². The van der Waals surface area contributed by atoms with Crippen molar-refractivity contribution >= 4 is 28.8 Å². The third-order valence-corrected chi connectivity index (χ3v) is 9.16. The summed E-state index contributed by atoms with van der Waals surface area (Å²) in [4.78, 5) is 45.6. The molecule has 0 spiro atoms. The quantitative estimate of drug-likeness (QED) is 0.273. The molecule has 3 heterocycles. The van der Waals surface area contributed by atoms with E-state index in [1.807, 2.05) is 45.0 Å². The Morgan fingerprint density at radius 2 is 1.81 bits per heavy atom. The number of aromatic nitrogens is 1. The van der Waals surface area contributed by atoms with Gasteiger partial charge in [-0.25, -0.2) is 9.78 Å². The minimum absolute atomic E-state index is 0.0471. The zero-order valence-corrected chi connectivity index (χ0v) is 28.1. The third kappa shape index (κ3) is 9.70. The molecule has 2 aliphatic heterocycles. The van der Waals surface area contributed by atoms with Gasteiger partial charge in [-0.3, -0.25) is 14.5 Å². The number of hydrogen-bond acceptors (Lipinski definition) is 9. The van der Waals surface area contributed by atoms with Crippen LogP contribution in [0.4, 0.5) is 4.79 Å². The van der Waals surface area contributed by atoms with Crippen LogP contribution in [-0.2, 0) is 25.5 Å². The Bertz CT molecular complexity index is 1410. The van der Waals surface area contributed by atoms with Gasteiger partial charge >= 0.3 is 6.09 Å². The number of carbonyl (C=O) groups is 3. The zero-order valence-electron chi connectivity index (χ0n) is 28.1. The predicted octanol–water partition coefficient (Wildman–Crippen LogP) is 3.80. The first-order chi connectivity index (χ1) is 22.5. The number of pyridine rings is 1. The van der Waals surface area contributed by atoms with E-state index in [0.717, 1.165) is 87.2 Å². The minimum atomic E-state index is -0.729. The fourth-order valence-corrected chi connectivity index (χ4v) is 6.63. The lowest BCUT2D eigenvalue weighted by Crippen LogP contribution is -2.44. The average molecular weight is 654 g/mol. The largest absolute Gasteiger partial charge is 0.491 e. The van der Waals surface area contributed by atoms with Crippen LogP contribution in [0.25, 0.3) is 10.9 Å². The molecule has 12 heteroatoms. The number of rotatable bonds is 15. The molecular formula is C35H51N5O7. The van der Waals surface area contributed by atoms with Gasteiger partial charge in [-0.05, 0) is 49.1 Å². The molecule has 1 aromatic heterocycles. The number of benzene rings is 1. The standard InChI is InChI=1S/C35H51N5O7/c1-35(2,3)21-30(41)40-22-24(20-28(40)32(36)42)46-33-26(11-6-4-5-9-23-19-29(23)47-34(37)43)31(25-10-7-8-12-27(25)38-33)45-18-15-39-13-16-44-17-14-39/h7-8,10,12,23-24,28-29H,4-6,9,11,13-22H2,1-3H3,(H2,36,42)(H2,37,43)/t23?,24-,28+,29-/m1/s1. The first-order valence-corrected chi connectivity index (χ1v) is 17.0. The number of morpholine rings is 1. The molecule has 258 valence electrons. The lowest BCUT2D eigenvalue weighted by molar-refractivity contribution is -0.138. The monoisotopic (exact) mass is 653 g/mol. The Kier molecular flexibility index (Phi) is 11.4. The van der Waals surface area contributed by atoms with Gasteiger partial charge in [-0.15, -0.1) is 0 Å². The van der Waals surface area contributed by atoms with E-state index in [-0.39, 0.29) is 24.0 Å². The second-order valence-electron chi connectivity index (χ2n) is 14.3. The second kappa shape index (κ2) is 15.5. The highest BCUT2D eigenvalue weighted by molar-refractivity contribution is 5.88. The number of unbranched alkanes of at least 4 members (excludes halogenated alkanes) is 2. The molecule has 4 N–H and O–H groups in total. The van der Waals surface area contributed by atoms with E-state index in [0.29, 0.717) is 37.7 Å². The molecule has 4 atom stereocenters. The van der Waals surface area contributed by atoms with E-state index in [1.54, 1.807) is 4.90 Å². The number of para-hydroxylation sites is 1. The minimum Gasteiger partial charge on any atom is -0.491 e. The van der Waals surface area contributed by atoms with Gasteiger partial charge in [0.05, 0.1) is 30.8 Å². The lowest BCUT2D eigenvalue weighted by atomic mass is 9.91. The van der Waals surface area contributed by atoms with Gasteiger partial charge in [0.1, 0.15) is 30.6 Å². The normalized spacial score (nSPS) is 23.1. The van der Waals surface area contributed by atoms with Crippen LogP contribution in [0.15, 0.2) is 24.3 Å². The highest BCUT2D eigenvalue weighted by Crippen LogP contribution is 2.40. The number of likely N-dealkylation sites (tertiary alicyclic amines) is 1. The molecule has 0 radical (unpaired) electrons. The van der Waals surface area contributed by atoms with Crippen LogP contribution in [0.1, 0.15) is 71.3 Å². The van der Waals surface area contributed by atoms with Crippen molar-refractivity contribution in [2.75, 3.05) is 46.0 Å². The SMILES string of the molecule is CC(C)(C)CC(=O)N1C[C@H](Oc2nc3ccccc3c(OCCN3CCOCC3)c2CCCCCC2C[C@H]2OC(N)=O)C[C@H]1C(N)=O. The van der Waals surface area contributed by atoms with Crippen LogP contribution < -0.4 is 20.9 Å². The molecule has 3 amide bonds. The van der Waals surface area contributed by atoms with E-state index in [1.165, 1.54) is 0 Å². The number of primary amides is 2. The average Bonchev–Trinajstić information content (AvgIpc) is 3.59. The Morgan fingerprint density at radius 3 is 2.53 bits per heavy atom. The molecule has 1 saturated carbocycles. The maximum absolute atomic E-state index is 13.2. The third-order valence-electron chi connectivity index (χ3n) is 9.16. The molecule has 2 saturated heterocycles. The van der Waals surface area contributed by atoms with Gasteiger partial charge in [0.15, 0.2) is 0 Å². The molecule has 5 rings (SSSR count). The smallest absolute Gasteiger partial charge is 0.404 e. The van der Waals surface area contributed by atoms with Gasteiger partial charge in [-0.1, -0.05) is 45.7 Å². The number of nitrogens with zero attached hydrogens (tertiary/aromatic N) is 3. The van der Waals surface area contributed by atoms with Gasteiger partial charge in [0, 0.05) is 37.9 Å². The van der Waals surface area contributed by atoms with Crippen LogP contribution in [0.3, 0.4) is 0 Å². The van der Waals surface area contributed by atoms with Crippen molar-refractivity contribution in [2.24, 2.45) is 22.8 Å². The first-order valence-electron chi connectivity index (χ1n) is 17.0. The van der Waals surface area contributed by atoms with Gasteiger partial charge in [0.2, 0.25) is 17.7 Å². The maximum atomic E-state index is 13.2.